The SMILES string of the molecule is Cc1nc(C2(O)CCCN(C(=O)CCCl)CC2)sc1CCOc1ccccc1Cl. The van der Waals surface area contributed by atoms with Crippen LogP contribution in [-0.2, 0) is 16.8 Å². The topological polar surface area (TPSA) is 62.7 Å². The number of carbonyl (C=O) groups is 1. The van der Waals surface area contributed by atoms with E-state index in [0.717, 1.165) is 22.0 Å². The zero-order valence-corrected chi connectivity index (χ0v) is 18.8. The summed E-state index contributed by atoms with van der Waals surface area (Å²) in [7, 11) is 0. The van der Waals surface area contributed by atoms with Crippen molar-refractivity contribution in [2.24, 2.45) is 0 Å². The third-order valence-electron chi connectivity index (χ3n) is 5.19. The Labute approximate surface area is 185 Å². The predicted octanol–water partition coefficient (Wildman–Crippen LogP) is 4.56. The van der Waals surface area contributed by atoms with Crippen LogP contribution in [0.2, 0.25) is 5.02 Å². The minimum absolute atomic E-state index is 0.0528. The zero-order chi connectivity index (χ0) is 20.9. The molecule has 1 fully saturated rings. The Hall–Kier alpha value is -1.34. The fraction of sp³-hybridized carbons (Fsp3) is 0.524. The van der Waals surface area contributed by atoms with E-state index in [1.807, 2.05) is 25.1 Å². The number of hydrogen-bond donors (Lipinski definition) is 1. The lowest BCUT2D eigenvalue weighted by molar-refractivity contribution is -0.130. The number of aliphatic hydroxyl groups is 1. The molecule has 0 aliphatic carbocycles. The van der Waals surface area contributed by atoms with Gasteiger partial charge in [-0.15, -0.1) is 22.9 Å². The largest absolute Gasteiger partial charge is 0.492 e. The molecular weight excluding hydrogens is 431 g/mol. The van der Waals surface area contributed by atoms with Gasteiger partial charge in [-0.3, -0.25) is 4.79 Å². The van der Waals surface area contributed by atoms with Crippen LogP contribution in [-0.4, -0.2) is 46.5 Å². The van der Waals surface area contributed by atoms with Crippen molar-refractivity contribution in [3.63, 3.8) is 0 Å². The summed E-state index contributed by atoms with van der Waals surface area (Å²) in [6.45, 7) is 3.63. The molecule has 1 amide bonds. The van der Waals surface area contributed by atoms with Gasteiger partial charge in [0.2, 0.25) is 5.91 Å². The summed E-state index contributed by atoms with van der Waals surface area (Å²) in [6.07, 6.45) is 2.87. The number of carbonyl (C=O) groups excluding carboxylic acids is 1. The molecule has 29 heavy (non-hydrogen) atoms. The van der Waals surface area contributed by atoms with E-state index in [2.05, 4.69) is 4.98 Å². The third kappa shape index (κ3) is 5.63. The van der Waals surface area contributed by atoms with Crippen LogP contribution in [0, 0.1) is 6.92 Å². The van der Waals surface area contributed by atoms with E-state index in [9.17, 15) is 9.90 Å². The Balaban J connectivity index is 1.62. The first kappa shape index (κ1) is 22.3. The van der Waals surface area contributed by atoms with Crippen LogP contribution in [0.4, 0.5) is 0 Å². The number of amides is 1. The number of alkyl halides is 1. The molecule has 0 saturated carbocycles. The van der Waals surface area contributed by atoms with Crippen molar-refractivity contribution in [1.29, 1.82) is 0 Å². The van der Waals surface area contributed by atoms with Gasteiger partial charge in [-0.25, -0.2) is 4.98 Å². The van der Waals surface area contributed by atoms with Crippen LogP contribution in [0.1, 0.15) is 41.3 Å². The zero-order valence-electron chi connectivity index (χ0n) is 16.5. The van der Waals surface area contributed by atoms with Crippen LogP contribution >= 0.6 is 34.5 Å². The molecule has 1 aromatic carbocycles. The van der Waals surface area contributed by atoms with Crippen molar-refractivity contribution in [3.8, 4) is 5.75 Å². The molecule has 0 radical (unpaired) electrons. The highest BCUT2D eigenvalue weighted by molar-refractivity contribution is 7.11. The van der Waals surface area contributed by atoms with Crippen LogP contribution in [0.25, 0.3) is 0 Å². The second-order valence-electron chi connectivity index (χ2n) is 7.26. The van der Waals surface area contributed by atoms with E-state index in [1.54, 1.807) is 11.0 Å². The molecule has 0 spiro atoms. The molecule has 8 heteroatoms. The van der Waals surface area contributed by atoms with Crippen LogP contribution in [0.5, 0.6) is 5.75 Å². The van der Waals surface area contributed by atoms with Gasteiger partial charge in [-0.2, -0.15) is 0 Å². The lowest BCUT2D eigenvalue weighted by atomic mass is 9.96. The number of likely N-dealkylation sites (tertiary alicyclic amines) is 1. The van der Waals surface area contributed by atoms with Crippen molar-refractivity contribution in [2.45, 2.75) is 44.6 Å². The molecule has 3 rings (SSSR count). The number of rotatable bonds is 7. The van der Waals surface area contributed by atoms with Gasteiger partial charge in [0.05, 0.1) is 17.3 Å². The number of aryl methyl sites for hydroxylation is 1. The van der Waals surface area contributed by atoms with Gasteiger partial charge in [-0.05, 0) is 31.9 Å². The first-order valence-electron chi connectivity index (χ1n) is 9.83. The molecule has 2 aromatic rings. The maximum Gasteiger partial charge on any atom is 0.223 e. The van der Waals surface area contributed by atoms with Crippen LogP contribution < -0.4 is 4.74 Å². The quantitative estimate of drug-likeness (QED) is 0.620. The minimum Gasteiger partial charge on any atom is -0.492 e. The minimum atomic E-state index is -0.993. The highest BCUT2D eigenvalue weighted by Gasteiger charge is 2.36. The Morgan fingerprint density at radius 2 is 2.14 bits per heavy atom. The lowest BCUT2D eigenvalue weighted by Crippen LogP contribution is -2.33. The molecule has 2 heterocycles. The summed E-state index contributed by atoms with van der Waals surface area (Å²) in [5, 5.41) is 12.6. The van der Waals surface area contributed by atoms with E-state index in [4.69, 9.17) is 27.9 Å². The smallest absolute Gasteiger partial charge is 0.223 e. The third-order valence-corrected chi connectivity index (χ3v) is 7.10. The van der Waals surface area contributed by atoms with Gasteiger partial charge >= 0.3 is 0 Å². The molecule has 158 valence electrons. The van der Waals surface area contributed by atoms with E-state index in [0.29, 0.717) is 62.0 Å². The highest BCUT2D eigenvalue weighted by atomic mass is 35.5. The monoisotopic (exact) mass is 456 g/mol. The van der Waals surface area contributed by atoms with E-state index >= 15 is 0 Å². The number of para-hydroxylation sites is 1. The second-order valence-corrected chi connectivity index (χ2v) is 9.13. The van der Waals surface area contributed by atoms with Crippen LogP contribution in [0.3, 0.4) is 0 Å². The summed E-state index contributed by atoms with van der Waals surface area (Å²) in [6, 6.07) is 7.40. The van der Waals surface area contributed by atoms with Gasteiger partial charge < -0.3 is 14.7 Å². The van der Waals surface area contributed by atoms with Crippen molar-refractivity contribution < 1.29 is 14.6 Å². The summed E-state index contributed by atoms with van der Waals surface area (Å²) in [5.74, 6) is 1.04. The van der Waals surface area contributed by atoms with Crippen LogP contribution in [0.15, 0.2) is 24.3 Å². The maximum absolute atomic E-state index is 12.1. The molecule has 1 saturated heterocycles. The number of hydrogen-bond acceptors (Lipinski definition) is 5. The molecular formula is C21H26Cl2N2O3S. The Bertz CT molecular complexity index is 845. The molecule has 1 unspecified atom stereocenters. The normalized spacial score (nSPS) is 19.8. The van der Waals surface area contributed by atoms with Crippen molar-refractivity contribution in [3.05, 3.63) is 44.9 Å². The Morgan fingerprint density at radius 1 is 1.34 bits per heavy atom. The molecule has 1 N–H and O–H groups in total. The number of halogens is 2. The predicted molar refractivity (Wildman–Crippen MR) is 117 cm³/mol. The average Bonchev–Trinajstić information content (AvgIpc) is 2.95. The van der Waals surface area contributed by atoms with E-state index < -0.39 is 5.60 Å². The number of thiazole rings is 1. The maximum atomic E-state index is 12.1. The second kappa shape index (κ2) is 10.1. The fourth-order valence-electron chi connectivity index (χ4n) is 3.50. The van der Waals surface area contributed by atoms with Crippen molar-refractivity contribution >= 4 is 40.4 Å². The van der Waals surface area contributed by atoms with E-state index in [1.165, 1.54) is 11.3 Å². The summed E-state index contributed by atoms with van der Waals surface area (Å²) < 4.78 is 5.79. The number of benzene rings is 1. The molecule has 1 aliphatic heterocycles. The fourth-order valence-corrected chi connectivity index (χ4v) is 5.04. The number of ether oxygens (including phenoxy) is 1. The van der Waals surface area contributed by atoms with Crippen molar-refractivity contribution in [2.75, 3.05) is 25.6 Å². The standard InChI is InChI=1S/C21H26Cl2N2O3S/c1-15-18(8-14-28-17-6-3-2-5-16(17)23)29-20(24-15)21(27)9-4-12-25(13-10-21)19(26)7-11-22/h2-3,5-6,27H,4,7-14H2,1H3. The van der Waals surface area contributed by atoms with Gasteiger partial charge in [0, 0.05) is 43.1 Å². The van der Waals surface area contributed by atoms with Gasteiger partial charge in [-0.1, -0.05) is 23.7 Å². The summed E-state index contributed by atoms with van der Waals surface area (Å²) >= 11 is 13.4. The molecule has 1 atom stereocenters. The average molecular weight is 457 g/mol. The number of nitrogens with zero attached hydrogens (tertiary/aromatic N) is 2. The van der Waals surface area contributed by atoms with E-state index in [-0.39, 0.29) is 5.91 Å². The van der Waals surface area contributed by atoms with Gasteiger partial charge in [0.1, 0.15) is 16.4 Å². The first-order chi connectivity index (χ1) is 13.9. The molecule has 5 nitrogen and oxygen atoms in total. The summed E-state index contributed by atoms with van der Waals surface area (Å²) in [4.78, 5) is 19.7. The molecule has 1 aromatic heterocycles. The number of aromatic nitrogens is 1. The molecule has 0 bridgehead atoms. The Morgan fingerprint density at radius 3 is 2.90 bits per heavy atom. The Kier molecular flexibility index (Phi) is 7.79. The van der Waals surface area contributed by atoms with Crippen molar-refractivity contribution in [1.82, 2.24) is 9.88 Å². The highest BCUT2D eigenvalue weighted by Crippen LogP contribution is 2.37. The van der Waals surface area contributed by atoms with Gasteiger partial charge in [0.15, 0.2) is 0 Å². The molecule has 1 aliphatic rings. The first-order valence-corrected chi connectivity index (χ1v) is 11.6. The van der Waals surface area contributed by atoms with Gasteiger partial charge in [0.25, 0.3) is 0 Å². The lowest BCUT2D eigenvalue weighted by Gasteiger charge is -2.24. The summed E-state index contributed by atoms with van der Waals surface area (Å²) in [5.41, 5.74) is -0.0757.